The summed E-state index contributed by atoms with van der Waals surface area (Å²) in [5.41, 5.74) is 0.998. The van der Waals surface area contributed by atoms with E-state index >= 15 is 0 Å². The quantitative estimate of drug-likeness (QED) is 0.445. The molecule has 0 unspecified atom stereocenters. The molecule has 0 N–H and O–H groups in total. The zero-order valence-corrected chi connectivity index (χ0v) is 13.0. The summed E-state index contributed by atoms with van der Waals surface area (Å²) in [6.45, 7) is 0.549. The first-order valence-electron chi connectivity index (χ1n) is 5.99. The van der Waals surface area contributed by atoms with Crippen LogP contribution in [0.1, 0.15) is 5.56 Å². The van der Waals surface area contributed by atoms with Gasteiger partial charge in [0.2, 0.25) is 0 Å². The van der Waals surface area contributed by atoms with E-state index in [0.29, 0.717) is 6.61 Å². The molecule has 0 amide bonds. The predicted molar refractivity (Wildman–Crippen MR) is 83.9 cm³/mol. The first kappa shape index (κ1) is 14.8. The number of hydrogen-bond acceptors (Lipinski definition) is 4. The Morgan fingerprint density at radius 3 is 2.95 bits per heavy atom. The van der Waals surface area contributed by atoms with Crippen molar-refractivity contribution in [2.24, 2.45) is 0 Å². The highest BCUT2D eigenvalue weighted by atomic mass is 79.9. The molecule has 0 aliphatic carbocycles. The van der Waals surface area contributed by atoms with Gasteiger partial charge in [0, 0.05) is 10.5 Å². The van der Waals surface area contributed by atoms with Crippen molar-refractivity contribution in [3.8, 4) is 5.75 Å². The number of thiophene rings is 1. The summed E-state index contributed by atoms with van der Waals surface area (Å²) in [7, 11) is 0. The van der Waals surface area contributed by atoms with Crippen LogP contribution in [-0.2, 0) is 9.53 Å². The smallest absolute Gasteiger partial charge is 0.330 e. The number of rotatable bonds is 6. The molecule has 0 aliphatic rings. The van der Waals surface area contributed by atoms with E-state index in [0.717, 1.165) is 15.8 Å². The Morgan fingerprint density at radius 1 is 1.30 bits per heavy atom. The van der Waals surface area contributed by atoms with Crippen LogP contribution in [0, 0.1) is 0 Å². The summed E-state index contributed by atoms with van der Waals surface area (Å²) < 4.78 is 11.4. The minimum atomic E-state index is -0.367. The Bertz CT molecular complexity index is 579. The molecule has 0 bridgehead atoms. The molecule has 2 aromatic rings. The van der Waals surface area contributed by atoms with Crippen molar-refractivity contribution < 1.29 is 14.3 Å². The van der Waals surface area contributed by atoms with Gasteiger partial charge >= 0.3 is 5.97 Å². The van der Waals surface area contributed by atoms with Gasteiger partial charge in [-0.3, -0.25) is 0 Å². The highest BCUT2D eigenvalue weighted by Gasteiger charge is 1.99. The molecule has 0 spiro atoms. The second kappa shape index (κ2) is 7.87. The molecule has 0 aliphatic heterocycles. The Hall–Kier alpha value is -1.59. The monoisotopic (exact) mass is 352 g/mol. The van der Waals surface area contributed by atoms with Crippen LogP contribution in [0.4, 0.5) is 0 Å². The van der Waals surface area contributed by atoms with Gasteiger partial charge in [0.25, 0.3) is 0 Å². The molecule has 0 fully saturated rings. The maximum atomic E-state index is 11.4. The third kappa shape index (κ3) is 5.19. The Balaban J connectivity index is 1.67. The van der Waals surface area contributed by atoms with E-state index in [1.165, 1.54) is 6.08 Å². The zero-order valence-electron chi connectivity index (χ0n) is 10.6. The van der Waals surface area contributed by atoms with Gasteiger partial charge in [-0.25, -0.2) is 4.79 Å². The highest BCUT2D eigenvalue weighted by Crippen LogP contribution is 2.17. The lowest BCUT2D eigenvalue weighted by atomic mass is 10.3. The number of carbonyl (C=O) groups is 1. The summed E-state index contributed by atoms with van der Waals surface area (Å²) in [5.74, 6) is 0.373. The predicted octanol–water partition coefficient (Wildman–Crippen LogP) is 4.15. The summed E-state index contributed by atoms with van der Waals surface area (Å²) in [5, 5.41) is 3.91. The van der Waals surface area contributed by atoms with Crippen LogP contribution in [0.15, 0.2) is 51.6 Å². The van der Waals surface area contributed by atoms with Gasteiger partial charge in [0.05, 0.1) is 0 Å². The lowest BCUT2D eigenvalue weighted by Gasteiger charge is -2.06. The molecule has 0 saturated carbocycles. The number of hydrogen-bond donors (Lipinski definition) is 0. The van der Waals surface area contributed by atoms with E-state index in [1.807, 2.05) is 41.1 Å². The number of carbonyl (C=O) groups excluding carboxylic acids is 1. The first-order valence-corrected chi connectivity index (χ1v) is 7.73. The van der Waals surface area contributed by atoms with Crippen LogP contribution < -0.4 is 4.74 Å². The number of esters is 1. The minimum absolute atomic E-state index is 0.222. The van der Waals surface area contributed by atoms with Crippen molar-refractivity contribution in [2.45, 2.75) is 0 Å². The van der Waals surface area contributed by atoms with Gasteiger partial charge in [0.1, 0.15) is 19.0 Å². The van der Waals surface area contributed by atoms with Crippen molar-refractivity contribution in [3.05, 3.63) is 57.2 Å². The molecular formula is C15H13BrO3S. The molecule has 0 radical (unpaired) electrons. The molecule has 5 heteroatoms. The van der Waals surface area contributed by atoms with Crippen molar-refractivity contribution in [1.82, 2.24) is 0 Å². The maximum Gasteiger partial charge on any atom is 0.330 e. The Labute approximate surface area is 130 Å². The fourth-order valence-corrected chi connectivity index (χ4v) is 2.45. The van der Waals surface area contributed by atoms with Crippen LogP contribution in [0.3, 0.4) is 0 Å². The maximum absolute atomic E-state index is 11.4. The van der Waals surface area contributed by atoms with E-state index in [2.05, 4.69) is 15.9 Å². The summed E-state index contributed by atoms with van der Waals surface area (Å²) in [6, 6.07) is 9.45. The molecule has 1 aromatic heterocycles. The fourth-order valence-electron chi connectivity index (χ4n) is 1.44. The average Bonchev–Trinajstić information content (AvgIpc) is 2.95. The molecule has 20 heavy (non-hydrogen) atoms. The van der Waals surface area contributed by atoms with Crippen LogP contribution >= 0.6 is 27.3 Å². The molecular weight excluding hydrogens is 340 g/mol. The van der Waals surface area contributed by atoms with Crippen LogP contribution in [-0.4, -0.2) is 19.2 Å². The number of benzene rings is 1. The van der Waals surface area contributed by atoms with E-state index in [4.69, 9.17) is 9.47 Å². The number of halogens is 1. The van der Waals surface area contributed by atoms with E-state index in [1.54, 1.807) is 17.4 Å². The topological polar surface area (TPSA) is 35.5 Å². The average molecular weight is 353 g/mol. The fraction of sp³-hybridized carbons (Fsp3) is 0.133. The molecule has 104 valence electrons. The SMILES string of the molecule is O=C(/C=C/c1ccsc1)OCCOc1cccc(Br)c1. The summed E-state index contributed by atoms with van der Waals surface area (Å²) >= 11 is 4.94. The second-order valence-electron chi connectivity index (χ2n) is 3.86. The van der Waals surface area contributed by atoms with Crippen molar-refractivity contribution in [3.63, 3.8) is 0 Å². The Kier molecular flexibility index (Phi) is 5.83. The number of ether oxygens (including phenoxy) is 2. The largest absolute Gasteiger partial charge is 0.490 e. The van der Waals surface area contributed by atoms with E-state index in [9.17, 15) is 4.79 Å². The molecule has 0 saturated heterocycles. The van der Waals surface area contributed by atoms with Crippen LogP contribution in [0.5, 0.6) is 5.75 Å². The van der Waals surface area contributed by atoms with Gasteiger partial charge in [-0.05, 0) is 46.7 Å². The molecule has 2 rings (SSSR count). The molecule has 1 aromatic carbocycles. The zero-order chi connectivity index (χ0) is 14.2. The molecule has 1 heterocycles. The van der Waals surface area contributed by atoms with Gasteiger partial charge in [-0.15, -0.1) is 0 Å². The Morgan fingerprint density at radius 2 is 2.20 bits per heavy atom. The van der Waals surface area contributed by atoms with Gasteiger partial charge < -0.3 is 9.47 Å². The van der Waals surface area contributed by atoms with Crippen molar-refractivity contribution in [1.29, 1.82) is 0 Å². The third-order valence-corrected chi connectivity index (χ3v) is 3.54. The summed E-state index contributed by atoms with van der Waals surface area (Å²) in [4.78, 5) is 11.4. The van der Waals surface area contributed by atoms with Crippen LogP contribution in [0.2, 0.25) is 0 Å². The van der Waals surface area contributed by atoms with Crippen LogP contribution in [0.25, 0.3) is 6.08 Å². The summed E-state index contributed by atoms with van der Waals surface area (Å²) in [6.07, 6.45) is 3.15. The van der Waals surface area contributed by atoms with E-state index in [-0.39, 0.29) is 12.6 Å². The molecule has 3 nitrogen and oxygen atoms in total. The van der Waals surface area contributed by atoms with Crippen molar-refractivity contribution >= 4 is 39.3 Å². The lowest BCUT2D eigenvalue weighted by Crippen LogP contribution is -2.10. The minimum Gasteiger partial charge on any atom is -0.490 e. The third-order valence-electron chi connectivity index (χ3n) is 2.35. The highest BCUT2D eigenvalue weighted by molar-refractivity contribution is 9.10. The van der Waals surface area contributed by atoms with E-state index < -0.39 is 0 Å². The van der Waals surface area contributed by atoms with Gasteiger partial charge in [-0.1, -0.05) is 22.0 Å². The normalized spacial score (nSPS) is 10.7. The lowest BCUT2D eigenvalue weighted by molar-refractivity contribution is -0.138. The van der Waals surface area contributed by atoms with Gasteiger partial charge in [0.15, 0.2) is 0 Å². The second-order valence-corrected chi connectivity index (χ2v) is 5.56. The standard InChI is InChI=1S/C15H13BrO3S/c16-13-2-1-3-14(10-13)18-7-8-19-15(17)5-4-12-6-9-20-11-12/h1-6,9-11H,7-8H2/b5-4+. The first-order chi connectivity index (χ1) is 9.74. The van der Waals surface area contributed by atoms with Crippen molar-refractivity contribution in [2.75, 3.05) is 13.2 Å². The van der Waals surface area contributed by atoms with Gasteiger partial charge in [-0.2, -0.15) is 11.3 Å². The molecule has 0 atom stereocenters.